The molecule has 1 aromatic heterocycles. The minimum Gasteiger partial charge on any atom is -0.454 e. The standard InChI is InChI=1S/C22H15ClN2O3/c1-13-18(9-16-10-20-21(11-19(16)23)28-12-27-20)22(26)25(24-13)17-7-6-14-4-2-3-5-15(14)8-17/h2-11,24H,1,12H2. The van der Waals surface area contributed by atoms with Crippen molar-refractivity contribution in [3.63, 3.8) is 0 Å². The van der Waals surface area contributed by atoms with Gasteiger partial charge in [-0.05, 0) is 40.6 Å². The first kappa shape index (κ1) is 16.7. The zero-order valence-electron chi connectivity index (χ0n) is 14.7. The molecule has 1 N–H and O–H groups in total. The quantitative estimate of drug-likeness (QED) is 0.572. The molecule has 138 valence electrons. The van der Waals surface area contributed by atoms with Gasteiger partial charge in [0.25, 0.3) is 5.56 Å². The average Bonchev–Trinajstić information content (AvgIpc) is 3.26. The lowest BCUT2D eigenvalue weighted by atomic mass is 10.1. The highest BCUT2D eigenvalue weighted by molar-refractivity contribution is 6.32. The lowest BCUT2D eigenvalue weighted by Crippen LogP contribution is -2.34. The number of H-pyrrole nitrogens is 1. The fourth-order valence-electron chi connectivity index (χ4n) is 3.34. The number of nitrogens with zero attached hydrogens (tertiary/aromatic N) is 1. The van der Waals surface area contributed by atoms with Crippen LogP contribution in [0.2, 0.25) is 5.02 Å². The Labute approximate surface area is 164 Å². The summed E-state index contributed by atoms with van der Waals surface area (Å²) < 4.78 is 12.2. The van der Waals surface area contributed by atoms with E-state index in [1.54, 1.807) is 18.2 Å². The summed E-state index contributed by atoms with van der Waals surface area (Å²) in [5, 5.41) is 6.63. The van der Waals surface area contributed by atoms with Crippen LogP contribution in [0.4, 0.5) is 0 Å². The molecule has 0 atom stereocenters. The molecule has 4 aromatic rings. The Morgan fingerprint density at radius 1 is 1.04 bits per heavy atom. The monoisotopic (exact) mass is 390 g/mol. The summed E-state index contributed by atoms with van der Waals surface area (Å²) in [6.45, 7) is 4.14. The van der Waals surface area contributed by atoms with Gasteiger partial charge in [0.2, 0.25) is 6.79 Å². The fourth-order valence-corrected chi connectivity index (χ4v) is 3.55. The third kappa shape index (κ3) is 2.68. The first-order valence-electron chi connectivity index (χ1n) is 8.70. The first-order valence-corrected chi connectivity index (χ1v) is 9.08. The molecule has 28 heavy (non-hydrogen) atoms. The number of halogens is 1. The van der Waals surface area contributed by atoms with Crippen molar-refractivity contribution in [2.24, 2.45) is 0 Å². The van der Waals surface area contributed by atoms with Crippen LogP contribution in [0, 0.1) is 0 Å². The maximum absolute atomic E-state index is 13.0. The summed E-state index contributed by atoms with van der Waals surface area (Å²) in [4.78, 5) is 13.0. The van der Waals surface area contributed by atoms with Crippen molar-refractivity contribution in [2.45, 2.75) is 0 Å². The van der Waals surface area contributed by atoms with Crippen molar-refractivity contribution in [3.8, 4) is 17.2 Å². The minimum absolute atomic E-state index is 0.161. The highest BCUT2D eigenvalue weighted by atomic mass is 35.5. The number of ether oxygens (including phenoxy) is 2. The summed E-state index contributed by atoms with van der Waals surface area (Å²) in [5.74, 6) is 1.20. The van der Waals surface area contributed by atoms with E-state index in [1.165, 1.54) is 4.68 Å². The molecule has 0 saturated carbocycles. The largest absolute Gasteiger partial charge is 0.454 e. The van der Waals surface area contributed by atoms with Gasteiger partial charge < -0.3 is 9.47 Å². The van der Waals surface area contributed by atoms with Crippen molar-refractivity contribution < 1.29 is 9.47 Å². The van der Waals surface area contributed by atoms with E-state index < -0.39 is 0 Å². The van der Waals surface area contributed by atoms with Gasteiger partial charge in [-0.15, -0.1) is 0 Å². The van der Waals surface area contributed by atoms with Gasteiger partial charge in [-0.3, -0.25) is 9.89 Å². The number of hydrogen-bond acceptors (Lipinski definition) is 3. The molecule has 1 aliphatic rings. The summed E-state index contributed by atoms with van der Waals surface area (Å²) >= 11 is 6.35. The second-order valence-corrected chi connectivity index (χ2v) is 6.95. The summed E-state index contributed by atoms with van der Waals surface area (Å²) in [7, 11) is 0. The molecule has 0 spiro atoms. The number of hydrogen-bond donors (Lipinski definition) is 1. The van der Waals surface area contributed by atoms with Gasteiger partial charge in [0.1, 0.15) is 0 Å². The molecule has 0 amide bonds. The van der Waals surface area contributed by atoms with Gasteiger partial charge in [-0.25, -0.2) is 4.68 Å². The van der Waals surface area contributed by atoms with Crippen molar-refractivity contribution in [1.82, 2.24) is 9.78 Å². The molecule has 0 radical (unpaired) electrons. The molecule has 6 heteroatoms. The Morgan fingerprint density at radius 2 is 1.79 bits per heavy atom. The lowest BCUT2D eigenvalue weighted by molar-refractivity contribution is 0.174. The predicted octanol–water partition coefficient (Wildman–Crippen LogP) is 2.94. The molecule has 0 aliphatic carbocycles. The van der Waals surface area contributed by atoms with Crippen LogP contribution in [-0.2, 0) is 0 Å². The molecule has 0 fully saturated rings. The van der Waals surface area contributed by atoms with E-state index in [9.17, 15) is 4.79 Å². The van der Waals surface area contributed by atoms with E-state index in [1.807, 2.05) is 42.5 Å². The molecular formula is C22H15ClN2O3. The average molecular weight is 391 g/mol. The molecule has 5 rings (SSSR count). The van der Waals surface area contributed by atoms with Crippen molar-refractivity contribution in [1.29, 1.82) is 0 Å². The van der Waals surface area contributed by atoms with Gasteiger partial charge >= 0.3 is 0 Å². The van der Waals surface area contributed by atoms with E-state index in [2.05, 4.69) is 11.7 Å². The topological polar surface area (TPSA) is 56.2 Å². The van der Waals surface area contributed by atoms with Crippen LogP contribution in [0.5, 0.6) is 11.5 Å². The molecule has 3 aromatic carbocycles. The molecule has 1 aliphatic heterocycles. The lowest BCUT2D eigenvalue weighted by Gasteiger charge is -2.03. The molecule has 0 unspecified atom stereocenters. The predicted molar refractivity (Wildman–Crippen MR) is 110 cm³/mol. The molecule has 0 bridgehead atoms. The van der Waals surface area contributed by atoms with Crippen LogP contribution in [0.1, 0.15) is 5.56 Å². The fraction of sp³-hybridized carbons (Fsp3) is 0.0455. The number of fused-ring (bicyclic) bond motifs is 2. The van der Waals surface area contributed by atoms with Crippen molar-refractivity contribution in [2.75, 3.05) is 6.79 Å². The Bertz CT molecular complexity index is 1400. The van der Waals surface area contributed by atoms with E-state index in [4.69, 9.17) is 21.1 Å². The molecule has 5 nitrogen and oxygen atoms in total. The van der Waals surface area contributed by atoms with Gasteiger partial charge in [-0.2, -0.15) is 0 Å². The molecular weight excluding hydrogens is 376 g/mol. The number of rotatable bonds is 2. The maximum Gasteiger partial charge on any atom is 0.279 e. The Morgan fingerprint density at radius 3 is 2.61 bits per heavy atom. The number of benzene rings is 3. The highest BCUT2D eigenvalue weighted by Crippen LogP contribution is 2.36. The highest BCUT2D eigenvalue weighted by Gasteiger charge is 2.16. The Kier molecular flexibility index (Phi) is 3.77. The van der Waals surface area contributed by atoms with Crippen LogP contribution < -0.4 is 25.6 Å². The normalized spacial score (nSPS) is 13.4. The van der Waals surface area contributed by atoms with Crippen LogP contribution in [-0.4, -0.2) is 16.6 Å². The second-order valence-electron chi connectivity index (χ2n) is 6.55. The Balaban J connectivity index is 1.67. The van der Waals surface area contributed by atoms with Crippen LogP contribution >= 0.6 is 11.6 Å². The van der Waals surface area contributed by atoms with E-state index in [-0.39, 0.29) is 12.4 Å². The summed E-state index contributed by atoms with van der Waals surface area (Å²) in [6, 6.07) is 17.3. The van der Waals surface area contributed by atoms with E-state index in [0.29, 0.717) is 32.7 Å². The smallest absolute Gasteiger partial charge is 0.279 e. The first-order chi connectivity index (χ1) is 13.6. The zero-order valence-corrected chi connectivity index (χ0v) is 15.5. The second kappa shape index (κ2) is 6.32. The zero-order chi connectivity index (χ0) is 19.3. The minimum atomic E-state index is -0.200. The van der Waals surface area contributed by atoms with Gasteiger partial charge in [-0.1, -0.05) is 48.5 Å². The Hall–Kier alpha value is -3.44. The summed E-state index contributed by atoms with van der Waals surface area (Å²) in [5.41, 5.74) is 1.21. The van der Waals surface area contributed by atoms with Crippen molar-refractivity contribution in [3.05, 3.63) is 86.1 Å². The maximum atomic E-state index is 13.0. The SMILES string of the molecule is C=c1[nH]n(-c2ccc3ccccc3c2)c(=O)c1=Cc1cc2c(cc1Cl)OCO2. The van der Waals surface area contributed by atoms with Gasteiger partial charge in [0, 0.05) is 6.07 Å². The van der Waals surface area contributed by atoms with Gasteiger partial charge in [0.05, 0.1) is 21.3 Å². The number of nitrogens with one attached hydrogen (secondary N) is 1. The summed E-state index contributed by atoms with van der Waals surface area (Å²) in [6.07, 6.45) is 1.71. The van der Waals surface area contributed by atoms with E-state index in [0.717, 1.165) is 16.5 Å². The third-order valence-electron chi connectivity index (χ3n) is 4.79. The van der Waals surface area contributed by atoms with Gasteiger partial charge in [0.15, 0.2) is 11.5 Å². The van der Waals surface area contributed by atoms with Crippen LogP contribution in [0.15, 0.2) is 59.4 Å². The van der Waals surface area contributed by atoms with Crippen molar-refractivity contribution >= 4 is 35.0 Å². The van der Waals surface area contributed by atoms with E-state index >= 15 is 0 Å². The molecule has 2 heterocycles. The molecule has 0 saturated heterocycles. The number of aromatic amines is 1. The number of aromatic nitrogens is 2. The van der Waals surface area contributed by atoms with Crippen LogP contribution in [0.3, 0.4) is 0 Å². The van der Waals surface area contributed by atoms with Crippen LogP contribution in [0.25, 0.3) is 29.1 Å². The third-order valence-corrected chi connectivity index (χ3v) is 5.12.